The predicted octanol–water partition coefficient (Wildman–Crippen LogP) is -1.08. The third kappa shape index (κ3) is 1.60. The molecule has 13 heteroatoms. The van der Waals surface area contributed by atoms with Crippen molar-refractivity contribution in [3.8, 4) is 0 Å². The van der Waals surface area contributed by atoms with Crippen LogP contribution in [0, 0.1) is 28.1 Å². The van der Waals surface area contributed by atoms with Gasteiger partial charge in [0.15, 0.2) is 17.8 Å². The fourth-order valence-corrected chi connectivity index (χ4v) is 8.45. The quantitative estimate of drug-likeness (QED) is 0.141. The van der Waals surface area contributed by atoms with Crippen LogP contribution in [0.15, 0.2) is 5.11 Å². The topological polar surface area (TPSA) is 198 Å². The molecule has 4 saturated heterocycles. The van der Waals surface area contributed by atoms with Crippen molar-refractivity contribution in [1.29, 1.82) is 0 Å². The Labute approximate surface area is 186 Å². The smallest absolute Gasteiger partial charge is 0.343 e. The molecular weight excluding hydrogens is 442 g/mol. The lowest BCUT2D eigenvalue weighted by Crippen LogP contribution is -2.67. The third-order valence-electron chi connectivity index (χ3n) is 9.13. The molecule has 12 atom stereocenters. The first-order chi connectivity index (χ1) is 15.3. The number of esters is 3. The van der Waals surface area contributed by atoms with Crippen molar-refractivity contribution < 1.29 is 48.7 Å². The summed E-state index contributed by atoms with van der Waals surface area (Å²) >= 11 is 0. The summed E-state index contributed by atoms with van der Waals surface area (Å²) in [4.78, 5) is 41.6. The second-order valence-electron chi connectivity index (χ2n) is 11.0. The van der Waals surface area contributed by atoms with E-state index in [4.69, 9.17) is 18.9 Å². The van der Waals surface area contributed by atoms with Gasteiger partial charge in [0.1, 0.15) is 12.2 Å². The van der Waals surface area contributed by atoms with E-state index in [-0.39, 0.29) is 0 Å². The molecule has 0 aromatic heterocycles. The van der Waals surface area contributed by atoms with Gasteiger partial charge >= 0.3 is 17.9 Å². The highest BCUT2D eigenvalue weighted by Crippen LogP contribution is 2.84. The largest absolute Gasteiger partial charge is 0.459 e. The molecule has 6 aliphatic rings. The Balaban J connectivity index is 1.76. The van der Waals surface area contributed by atoms with Crippen LogP contribution in [0.25, 0.3) is 10.4 Å². The van der Waals surface area contributed by atoms with E-state index in [0.717, 1.165) is 0 Å². The average Bonchev–Trinajstić information content (AvgIpc) is 3.41. The second kappa shape index (κ2) is 5.44. The van der Waals surface area contributed by atoms with Crippen molar-refractivity contribution >= 4 is 17.9 Å². The number of hydrogen-bond acceptors (Lipinski definition) is 11. The number of azide groups is 1. The Bertz CT molecular complexity index is 1080. The molecule has 0 radical (unpaired) electrons. The molecule has 178 valence electrons. The van der Waals surface area contributed by atoms with E-state index in [9.17, 15) is 35.2 Å². The number of aliphatic hydroxyl groups is 3. The Morgan fingerprint density at radius 1 is 1.06 bits per heavy atom. The van der Waals surface area contributed by atoms with Crippen molar-refractivity contribution in [3.05, 3.63) is 10.4 Å². The lowest BCUT2D eigenvalue weighted by Gasteiger charge is -2.47. The summed E-state index contributed by atoms with van der Waals surface area (Å²) < 4.78 is 22.5. The molecule has 4 aliphatic heterocycles. The van der Waals surface area contributed by atoms with Crippen LogP contribution in [-0.2, 0) is 33.3 Å². The van der Waals surface area contributed by atoms with Crippen LogP contribution in [0.3, 0.4) is 0 Å². The minimum Gasteiger partial charge on any atom is -0.459 e. The first-order valence-corrected chi connectivity index (χ1v) is 10.7. The van der Waals surface area contributed by atoms with Crippen molar-refractivity contribution in [2.75, 3.05) is 0 Å². The lowest BCUT2D eigenvalue weighted by atomic mass is 9.51. The minimum absolute atomic E-state index is 0.806. The zero-order valence-corrected chi connectivity index (χ0v) is 18.2. The normalized spacial score (nSPS) is 57.6. The number of fused-ring (bicyclic) bond motifs is 1. The summed E-state index contributed by atoms with van der Waals surface area (Å²) in [6.07, 6.45) is -8.31. The van der Waals surface area contributed by atoms with E-state index in [2.05, 4.69) is 10.0 Å². The van der Waals surface area contributed by atoms with E-state index in [1.807, 2.05) is 0 Å². The second-order valence-corrected chi connectivity index (χ2v) is 11.0. The number of carbonyl (C=O) groups is 3. The third-order valence-corrected chi connectivity index (χ3v) is 9.13. The van der Waals surface area contributed by atoms with Gasteiger partial charge in [-0.05, 0) is 23.8 Å². The highest BCUT2D eigenvalue weighted by molar-refractivity contribution is 5.94. The van der Waals surface area contributed by atoms with Crippen molar-refractivity contribution in [3.63, 3.8) is 0 Å². The summed E-state index contributed by atoms with van der Waals surface area (Å²) in [5, 5.41) is 39.0. The summed E-state index contributed by atoms with van der Waals surface area (Å²) in [5.74, 6) is -5.23. The zero-order chi connectivity index (χ0) is 24.1. The number of ether oxygens (including phenoxy) is 4. The highest BCUT2D eigenvalue weighted by atomic mass is 16.8. The minimum atomic E-state index is -2.42. The fourth-order valence-electron chi connectivity index (χ4n) is 8.45. The van der Waals surface area contributed by atoms with Crippen LogP contribution in [-0.4, -0.2) is 81.2 Å². The number of rotatable bonds is 1. The summed E-state index contributed by atoms with van der Waals surface area (Å²) in [6, 6.07) is -1.15. The van der Waals surface area contributed by atoms with Crippen LogP contribution in [0.5, 0.6) is 0 Å². The van der Waals surface area contributed by atoms with Gasteiger partial charge in [0, 0.05) is 4.91 Å². The van der Waals surface area contributed by atoms with E-state index in [1.54, 1.807) is 20.8 Å². The van der Waals surface area contributed by atoms with E-state index in [0.29, 0.717) is 0 Å². The Kier molecular flexibility index (Phi) is 3.48. The Morgan fingerprint density at radius 3 is 2.33 bits per heavy atom. The Hall–Kier alpha value is -2.44. The van der Waals surface area contributed by atoms with E-state index < -0.39 is 93.9 Å². The van der Waals surface area contributed by atoms with Crippen LogP contribution in [0.1, 0.15) is 27.7 Å². The van der Waals surface area contributed by atoms with Crippen LogP contribution < -0.4 is 0 Å². The summed E-state index contributed by atoms with van der Waals surface area (Å²) in [7, 11) is 0. The van der Waals surface area contributed by atoms with Gasteiger partial charge in [-0.15, -0.1) is 0 Å². The molecule has 2 aliphatic carbocycles. The van der Waals surface area contributed by atoms with Gasteiger partial charge in [-0.25, -0.2) is 9.59 Å². The van der Waals surface area contributed by atoms with Gasteiger partial charge in [-0.1, -0.05) is 25.9 Å². The molecule has 0 aromatic rings. The maximum Gasteiger partial charge on any atom is 0.343 e. The number of nitrogens with zero attached hydrogens (tertiary/aromatic N) is 3. The fraction of sp³-hybridized carbons (Fsp3) is 0.850. The van der Waals surface area contributed by atoms with Crippen molar-refractivity contribution in [1.82, 2.24) is 0 Å². The van der Waals surface area contributed by atoms with Gasteiger partial charge in [0.2, 0.25) is 11.9 Å². The Morgan fingerprint density at radius 2 is 1.73 bits per heavy atom. The molecule has 4 heterocycles. The molecule has 0 aromatic carbocycles. The number of carbonyl (C=O) groups excluding carboxylic acids is 3. The molecule has 6 rings (SSSR count). The van der Waals surface area contributed by atoms with Gasteiger partial charge in [0.05, 0.1) is 22.8 Å². The maximum atomic E-state index is 13.6. The van der Waals surface area contributed by atoms with Crippen LogP contribution in [0.2, 0.25) is 0 Å². The van der Waals surface area contributed by atoms with Gasteiger partial charge in [-0.3, -0.25) is 4.79 Å². The number of aliphatic hydroxyl groups excluding tert-OH is 2. The first-order valence-electron chi connectivity index (χ1n) is 10.7. The van der Waals surface area contributed by atoms with E-state index >= 15 is 0 Å². The molecular formula is C20H23N3O10. The molecule has 3 N–H and O–H groups in total. The van der Waals surface area contributed by atoms with Gasteiger partial charge in [-0.2, -0.15) is 0 Å². The van der Waals surface area contributed by atoms with Crippen molar-refractivity contribution in [2.24, 2.45) is 33.2 Å². The first kappa shape index (κ1) is 21.1. The monoisotopic (exact) mass is 465 g/mol. The summed E-state index contributed by atoms with van der Waals surface area (Å²) in [6.45, 7) is 6.66. The van der Waals surface area contributed by atoms with Crippen LogP contribution >= 0.6 is 0 Å². The zero-order valence-electron chi connectivity index (χ0n) is 18.2. The molecule has 6 fully saturated rings. The average molecular weight is 465 g/mol. The molecule has 2 saturated carbocycles. The molecule has 33 heavy (non-hydrogen) atoms. The SMILES string of the molecule is C[C@@H]1C(=O)OC2C(O)C34C5OC(=O)C3(OC3OC(=O)[C@@H](O)C34C(C(C)(C)C)[C@@H]5N=[N+]=[N-])[C@]21O. The molecule has 2 spiro atoms. The van der Waals surface area contributed by atoms with Gasteiger partial charge < -0.3 is 34.3 Å². The molecule has 13 nitrogen and oxygen atoms in total. The maximum absolute atomic E-state index is 13.6. The molecule has 0 bridgehead atoms. The van der Waals surface area contributed by atoms with Crippen LogP contribution in [0.4, 0.5) is 0 Å². The highest BCUT2D eigenvalue weighted by Gasteiger charge is 3.05. The standard InChI is InChI=1S/C20H23N3O10/c1-5-12(26)30-11-8(24)18-10-6(22-23-21)7(16(2,3)4)17(18)9(25)13(27)32-15(17)33-20(18,14(28)31-10)19(5,11)29/h5-11,15,24-25,29H,1-4H3/t5-,6+,7?,8?,9-,10?,11?,15?,17?,18?,19-,20?/m1/s1. The summed E-state index contributed by atoms with van der Waals surface area (Å²) in [5.41, 5.74) is -0.138. The van der Waals surface area contributed by atoms with E-state index in [1.165, 1.54) is 6.92 Å². The molecule has 0 amide bonds. The van der Waals surface area contributed by atoms with Crippen molar-refractivity contribution in [2.45, 2.75) is 75.6 Å². The lowest BCUT2D eigenvalue weighted by molar-refractivity contribution is -0.239. The molecule has 8 unspecified atom stereocenters. The predicted molar refractivity (Wildman–Crippen MR) is 100 cm³/mol. The number of hydrogen-bond donors (Lipinski definition) is 3. The van der Waals surface area contributed by atoms with Gasteiger partial charge in [0.25, 0.3) is 0 Å².